The van der Waals surface area contributed by atoms with Gasteiger partial charge in [0.15, 0.2) is 0 Å². The molecular formula is C24H44O. The van der Waals surface area contributed by atoms with Crippen molar-refractivity contribution in [1.82, 2.24) is 0 Å². The Kier molecular flexibility index (Phi) is 16.1. The lowest BCUT2D eigenvalue weighted by atomic mass is 10.0. The maximum atomic E-state index is 10.1. The van der Waals surface area contributed by atoms with Gasteiger partial charge in [0.05, 0.1) is 6.10 Å². The van der Waals surface area contributed by atoms with Crippen molar-refractivity contribution in [3.05, 3.63) is 34.9 Å². The zero-order valence-corrected chi connectivity index (χ0v) is 17.7. The second-order valence-corrected chi connectivity index (χ2v) is 7.71. The molecule has 0 fully saturated rings. The third kappa shape index (κ3) is 16.4. The molecule has 0 aromatic heterocycles. The average molecular weight is 349 g/mol. The van der Waals surface area contributed by atoms with Crippen LogP contribution in [-0.2, 0) is 0 Å². The van der Waals surface area contributed by atoms with E-state index in [0.29, 0.717) is 0 Å². The zero-order valence-electron chi connectivity index (χ0n) is 17.7. The SMILES string of the molecule is CCCCC(C)=CCCC(C)=CCCC(O)CCC=C(C)CCCC. The van der Waals surface area contributed by atoms with Crippen LogP contribution in [0, 0.1) is 0 Å². The van der Waals surface area contributed by atoms with Gasteiger partial charge in [-0.15, -0.1) is 0 Å². The maximum Gasteiger partial charge on any atom is 0.0546 e. The van der Waals surface area contributed by atoms with Crippen LogP contribution in [0.4, 0.5) is 0 Å². The largest absolute Gasteiger partial charge is 0.393 e. The van der Waals surface area contributed by atoms with Gasteiger partial charge in [0.2, 0.25) is 0 Å². The van der Waals surface area contributed by atoms with Gasteiger partial charge in [-0.3, -0.25) is 0 Å². The first-order valence-electron chi connectivity index (χ1n) is 10.6. The summed E-state index contributed by atoms with van der Waals surface area (Å²) in [6.07, 6.45) is 20.6. The summed E-state index contributed by atoms with van der Waals surface area (Å²) in [6, 6.07) is 0. The molecule has 0 aromatic carbocycles. The quantitative estimate of drug-likeness (QED) is 0.298. The summed E-state index contributed by atoms with van der Waals surface area (Å²) in [5.41, 5.74) is 4.47. The van der Waals surface area contributed by atoms with Crippen LogP contribution in [0.2, 0.25) is 0 Å². The van der Waals surface area contributed by atoms with Crippen LogP contribution in [0.3, 0.4) is 0 Å². The molecule has 1 atom stereocenters. The van der Waals surface area contributed by atoms with Crippen molar-refractivity contribution in [2.75, 3.05) is 0 Å². The Morgan fingerprint density at radius 1 is 0.680 bits per heavy atom. The number of allylic oxidation sites excluding steroid dienone is 6. The van der Waals surface area contributed by atoms with Crippen molar-refractivity contribution in [1.29, 1.82) is 0 Å². The predicted octanol–water partition coefficient (Wildman–Crippen LogP) is 7.91. The van der Waals surface area contributed by atoms with Crippen molar-refractivity contribution >= 4 is 0 Å². The maximum absolute atomic E-state index is 10.1. The highest BCUT2D eigenvalue weighted by Gasteiger charge is 2.02. The molecule has 0 radical (unpaired) electrons. The van der Waals surface area contributed by atoms with E-state index in [1.54, 1.807) is 0 Å². The summed E-state index contributed by atoms with van der Waals surface area (Å²) >= 11 is 0. The van der Waals surface area contributed by atoms with Crippen molar-refractivity contribution in [2.24, 2.45) is 0 Å². The molecule has 0 aliphatic heterocycles. The molecular weight excluding hydrogens is 304 g/mol. The van der Waals surface area contributed by atoms with Crippen molar-refractivity contribution in [2.45, 2.75) is 118 Å². The molecule has 25 heavy (non-hydrogen) atoms. The molecule has 0 saturated carbocycles. The molecule has 0 heterocycles. The molecule has 1 heteroatoms. The molecule has 1 unspecified atom stereocenters. The average Bonchev–Trinajstić information content (AvgIpc) is 2.58. The van der Waals surface area contributed by atoms with Crippen LogP contribution >= 0.6 is 0 Å². The van der Waals surface area contributed by atoms with Gasteiger partial charge in [-0.25, -0.2) is 0 Å². The molecule has 0 aromatic rings. The number of hydrogen-bond donors (Lipinski definition) is 1. The first-order valence-corrected chi connectivity index (χ1v) is 10.6. The standard InChI is InChI=1S/C24H44O/c1-6-8-13-21(3)15-10-16-23(5)18-12-20-24(25)19-11-17-22(4)14-9-7-2/h15,17-18,24-25H,6-14,16,19-20H2,1-5H3. The molecule has 1 N–H and O–H groups in total. The molecule has 0 saturated heterocycles. The summed E-state index contributed by atoms with van der Waals surface area (Å²) < 4.78 is 0. The lowest BCUT2D eigenvalue weighted by Crippen LogP contribution is -2.05. The van der Waals surface area contributed by atoms with Crippen molar-refractivity contribution in [3.63, 3.8) is 0 Å². The van der Waals surface area contributed by atoms with E-state index in [2.05, 4.69) is 52.8 Å². The van der Waals surface area contributed by atoms with E-state index in [1.807, 2.05) is 0 Å². The van der Waals surface area contributed by atoms with E-state index in [4.69, 9.17) is 0 Å². The highest BCUT2D eigenvalue weighted by atomic mass is 16.3. The molecule has 0 bridgehead atoms. The second-order valence-electron chi connectivity index (χ2n) is 7.71. The first-order chi connectivity index (χ1) is 12.0. The highest BCUT2D eigenvalue weighted by Crippen LogP contribution is 2.14. The molecule has 0 spiro atoms. The molecule has 1 nitrogen and oxygen atoms in total. The summed E-state index contributed by atoms with van der Waals surface area (Å²) in [6.45, 7) is 11.2. The van der Waals surface area contributed by atoms with Crippen LogP contribution in [0.25, 0.3) is 0 Å². The van der Waals surface area contributed by atoms with Gasteiger partial charge in [0.1, 0.15) is 0 Å². The van der Waals surface area contributed by atoms with Gasteiger partial charge in [0.25, 0.3) is 0 Å². The molecule has 0 rings (SSSR count). The van der Waals surface area contributed by atoms with Crippen molar-refractivity contribution in [3.8, 4) is 0 Å². The van der Waals surface area contributed by atoms with Gasteiger partial charge < -0.3 is 5.11 Å². The van der Waals surface area contributed by atoms with E-state index in [9.17, 15) is 5.11 Å². The first kappa shape index (κ1) is 24.2. The van der Waals surface area contributed by atoms with Gasteiger partial charge in [-0.2, -0.15) is 0 Å². The Morgan fingerprint density at radius 2 is 1.08 bits per heavy atom. The van der Waals surface area contributed by atoms with E-state index in [1.165, 1.54) is 55.2 Å². The summed E-state index contributed by atoms with van der Waals surface area (Å²) in [4.78, 5) is 0. The Balaban J connectivity index is 3.86. The summed E-state index contributed by atoms with van der Waals surface area (Å²) in [7, 11) is 0. The molecule has 0 aliphatic rings. The van der Waals surface area contributed by atoms with Gasteiger partial charge in [-0.05, 0) is 85.0 Å². The highest BCUT2D eigenvalue weighted by molar-refractivity contribution is 5.03. The lowest BCUT2D eigenvalue weighted by Gasteiger charge is -2.08. The van der Waals surface area contributed by atoms with E-state index >= 15 is 0 Å². The third-order valence-corrected chi connectivity index (χ3v) is 4.87. The molecule has 146 valence electrons. The predicted molar refractivity (Wildman–Crippen MR) is 114 cm³/mol. The number of aliphatic hydroxyl groups is 1. The van der Waals surface area contributed by atoms with Gasteiger partial charge in [0, 0.05) is 0 Å². The van der Waals surface area contributed by atoms with Gasteiger partial charge >= 0.3 is 0 Å². The minimum absolute atomic E-state index is 0.157. The number of unbranched alkanes of at least 4 members (excludes halogenated alkanes) is 2. The second kappa shape index (κ2) is 16.6. The third-order valence-electron chi connectivity index (χ3n) is 4.87. The minimum atomic E-state index is -0.157. The number of rotatable bonds is 15. The fourth-order valence-corrected chi connectivity index (χ4v) is 2.95. The topological polar surface area (TPSA) is 20.2 Å². The summed E-state index contributed by atoms with van der Waals surface area (Å²) in [5.74, 6) is 0. The minimum Gasteiger partial charge on any atom is -0.393 e. The Hall–Kier alpha value is -0.820. The lowest BCUT2D eigenvalue weighted by molar-refractivity contribution is 0.157. The van der Waals surface area contributed by atoms with E-state index in [-0.39, 0.29) is 6.10 Å². The van der Waals surface area contributed by atoms with Crippen LogP contribution < -0.4 is 0 Å². The van der Waals surface area contributed by atoms with Crippen LogP contribution in [-0.4, -0.2) is 11.2 Å². The van der Waals surface area contributed by atoms with Crippen LogP contribution in [0.1, 0.15) is 112 Å². The molecule has 0 amide bonds. The normalized spacial score (nSPS) is 14.9. The van der Waals surface area contributed by atoms with Crippen LogP contribution in [0.5, 0.6) is 0 Å². The Morgan fingerprint density at radius 3 is 1.52 bits per heavy atom. The zero-order chi connectivity index (χ0) is 18.9. The smallest absolute Gasteiger partial charge is 0.0546 e. The van der Waals surface area contributed by atoms with E-state index < -0.39 is 0 Å². The Labute approximate surface area is 158 Å². The summed E-state index contributed by atoms with van der Waals surface area (Å²) in [5, 5.41) is 10.1. The number of aliphatic hydroxyl groups excluding tert-OH is 1. The van der Waals surface area contributed by atoms with Crippen molar-refractivity contribution < 1.29 is 5.11 Å². The fourth-order valence-electron chi connectivity index (χ4n) is 2.95. The van der Waals surface area contributed by atoms with Crippen LogP contribution in [0.15, 0.2) is 34.9 Å². The fraction of sp³-hybridized carbons (Fsp3) is 0.750. The Bertz CT molecular complexity index is 400. The van der Waals surface area contributed by atoms with Gasteiger partial charge in [-0.1, -0.05) is 61.6 Å². The van der Waals surface area contributed by atoms with E-state index in [0.717, 1.165) is 38.5 Å². The number of hydrogen-bond acceptors (Lipinski definition) is 1. The monoisotopic (exact) mass is 348 g/mol. The molecule has 0 aliphatic carbocycles.